The number of likely N-dealkylation sites (tertiary alicyclic amines) is 1. The Morgan fingerprint density at radius 3 is 2.71 bits per heavy atom. The predicted molar refractivity (Wildman–Crippen MR) is 106 cm³/mol. The van der Waals surface area contributed by atoms with Gasteiger partial charge in [-0.25, -0.2) is 4.79 Å². The maximum Gasteiger partial charge on any atom is 0.374 e. The molecule has 1 aromatic carbocycles. The number of hydrogen-bond donors (Lipinski definition) is 0. The maximum atomic E-state index is 13.2. The molecular formula is C21H22BrNO5. The Hall–Kier alpha value is -2.15. The zero-order valence-electron chi connectivity index (χ0n) is 15.8. The summed E-state index contributed by atoms with van der Waals surface area (Å²) in [5.41, 5.74) is 0.483. The first kappa shape index (κ1) is 19.2. The van der Waals surface area contributed by atoms with E-state index in [1.165, 1.54) is 4.90 Å². The highest BCUT2D eigenvalue weighted by atomic mass is 79.9. The number of imide groups is 1. The lowest BCUT2D eigenvalue weighted by Crippen LogP contribution is -2.36. The van der Waals surface area contributed by atoms with E-state index in [1.54, 1.807) is 13.0 Å². The van der Waals surface area contributed by atoms with Crippen molar-refractivity contribution in [2.45, 2.75) is 52.0 Å². The van der Waals surface area contributed by atoms with E-state index >= 15 is 0 Å². The second-order valence-corrected chi connectivity index (χ2v) is 8.49. The van der Waals surface area contributed by atoms with Crippen LogP contribution in [-0.2, 0) is 20.9 Å². The van der Waals surface area contributed by atoms with Crippen LogP contribution in [0.4, 0.5) is 0 Å². The van der Waals surface area contributed by atoms with Crippen molar-refractivity contribution in [3.63, 3.8) is 0 Å². The van der Waals surface area contributed by atoms with E-state index in [0.717, 1.165) is 36.6 Å². The van der Waals surface area contributed by atoms with E-state index in [9.17, 15) is 14.4 Å². The number of furan rings is 1. The first-order valence-electron chi connectivity index (χ1n) is 9.68. The summed E-state index contributed by atoms with van der Waals surface area (Å²) < 4.78 is 11.7. The molecule has 1 aliphatic carbocycles. The van der Waals surface area contributed by atoms with Gasteiger partial charge in [0.1, 0.15) is 5.58 Å². The Balaban J connectivity index is 1.73. The van der Waals surface area contributed by atoms with Crippen LogP contribution in [0.2, 0.25) is 0 Å². The fourth-order valence-electron chi connectivity index (χ4n) is 4.44. The fraction of sp³-hybridized carbons (Fsp3) is 0.476. The molecule has 1 saturated carbocycles. The Labute approximate surface area is 171 Å². The van der Waals surface area contributed by atoms with Gasteiger partial charge in [-0.15, -0.1) is 0 Å². The quantitative estimate of drug-likeness (QED) is 0.506. The monoisotopic (exact) mass is 447 g/mol. The third kappa shape index (κ3) is 3.15. The van der Waals surface area contributed by atoms with E-state index in [1.807, 2.05) is 12.1 Å². The minimum Gasteiger partial charge on any atom is -0.460 e. The summed E-state index contributed by atoms with van der Waals surface area (Å²) in [6.45, 7) is 1.96. The average Bonchev–Trinajstić information content (AvgIpc) is 3.13. The van der Waals surface area contributed by atoms with Crippen molar-refractivity contribution in [1.82, 2.24) is 4.90 Å². The van der Waals surface area contributed by atoms with E-state index in [2.05, 4.69) is 15.9 Å². The number of hydrogen-bond acceptors (Lipinski definition) is 5. The Kier molecular flexibility index (Phi) is 5.04. The molecule has 0 bridgehead atoms. The first-order valence-corrected chi connectivity index (χ1v) is 10.5. The van der Waals surface area contributed by atoms with E-state index < -0.39 is 11.4 Å². The summed E-state index contributed by atoms with van der Waals surface area (Å²) in [4.78, 5) is 39.7. The van der Waals surface area contributed by atoms with E-state index in [-0.39, 0.29) is 37.1 Å². The molecule has 0 atom stereocenters. The van der Waals surface area contributed by atoms with Gasteiger partial charge in [0, 0.05) is 21.8 Å². The van der Waals surface area contributed by atoms with Crippen LogP contribution in [0, 0.1) is 5.41 Å². The summed E-state index contributed by atoms with van der Waals surface area (Å²) >= 11 is 3.43. The molecule has 148 valence electrons. The molecule has 1 spiro atoms. The van der Waals surface area contributed by atoms with Crippen LogP contribution in [-0.4, -0.2) is 29.3 Å². The van der Waals surface area contributed by atoms with E-state index in [4.69, 9.17) is 9.15 Å². The number of ether oxygens (including phenoxy) is 1. The molecule has 4 rings (SSSR count). The molecule has 0 N–H and O–H groups in total. The molecule has 2 aromatic rings. The van der Waals surface area contributed by atoms with Crippen molar-refractivity contribution < 1.29 is 23.5 Å². The van der Waals surface area contributed by atoms with Gasteiger partial charge < -0.3 is 9.15 Å². The van der Waals surface area contributed by atoms with Crippen LogP contribution < -0.4 is 0 Å². The van der Waals surface area contributed by atoms with Crippen molar-refractivity contribution in [3.8, 4) is 0 Å². The zero-order valence-corrected chi connectivity index (χ0v) is 17.3. The number of rotatable bonds is 4. The highest BCUT2D eigenvalue weighted by Crippen LogP contribution is 2.46. The lowest BCUT2D eigenvalue weighted by atomic mass is 9.73. The standard InChI is InChI=1S/C21H22BrNO5/c1-2-27-19(25)18-15(14-10-13(22)6-7-16(14)28-18)12-23-17(24)11-21(20(23)26)8-4-3-5-9-21/h6-7,10H,2-5,8-9,11-12H2,1H3. The molecular weight excluding hydrogens is 426 g/mol. The third-order valence-electron chi connectivity index (χ3n) is 5.83. The lowest BCUT2D eigenvalue weighted by molar-refractivity contribution is -0.142. The number of nitrogens with zero attached hydrogens (tertiary/aromatic N) is 1. The van der Waals surface area contributed by atoms with Crippen molar-refractivity contribution in [2.75, 3.05) is 6.61 Å². The summed E-state index contributed by atoms with van der Waals surface area (Å²) in [6.07, 6.45) is 4.84. The maximum absolute atomic E-state index is 13.2. The Morgan fingerprint density at radius 2 is 2.00 bits per heavy atom. The second kappa shape index (κ2) is 7.35. The van der Waals surface area contributed by atoms with Gasteiger partial charge in [-0.1, -0.05) is 35.2 Å². The zero-order chi connectivity index (χ0) is 19.9. The fourth-order valence-corrected chi connectivity index (χ4v) is 4.80. The van der Waals surface area contributed by atoms with Crippen molar-refractivity contribution in [3.05, 3.63) is 34.0 Å². The number of esters is 1. The van der Waals surface area contributed by atoms with Gasteiger partial charge in [0.25, 0.3) is 0 Å². The van der Waals surface area contributed by atoms with Crippen LogP contribution in [0.25, 0.3) is 11.0 Å². The van der Waals surface area contributed by atoms with Gasteiger partial charge in [0.15, 0.2) is 0 Å². The molecule has 2 heterocycles. The number of carbonyl (C=O) groups is 3. The molecule has 0 unspecified atom stereocenters. The van der Waals surface area contributed by atoms with Gasteiger partial charge in [0.2, 0.25) is 17.6 Å². The predicted octanol–water partition coefficient (Wildman–Crippen LogP) is 4.58. The highest BCUT2D eigenvalue weighted by molar-refractivity contribution is 9.10. The highest BCUT2D eigenvalue weighted by Gasteiger charge is 2.51. The topological polar surface area (TPSA) is 76.8 Å². The van der Waals surface area contributed by atoms with Gasteiger partial charge in [-0.2, -0.15) is 0 Å². The molecule has 28 heavy (non-hydrogen) atoms. The summed E-state index contributed by atoms with van der Waals surface area (Å²) in [5.74, 6) is -0.821. The van der Waals surface area contributed by atoms with Gasteiger partial charge in [0.05, 0.1) is 18.6 Å². The molecule has 2 fully saturated rings. The van der Waals surface area contributed by atoms with Crippen molar-refractivity contribution in [1.29, 1.82) is 0 Å². The van der Waals surface area contributed by atoms with Crippen LogP contribution in [0.3, 0.4) is 0 Å². The summed E-state index contributed by atoms with van der Waals surface area (Å²) in [6, 6.07) is 5.40. The van der Waals surface area contributed by atoms with Gasteiger partial charge >= 0.3 is 5.97 Å². The first-order chi connectivity index (χ1) is 13.4. The molecule has 2 aliphatic rings. The minimum absolute atomic E-state index is 0.0248. The Bertz CT molecular complexity index is 957. The van der Waals surface area contributed by atoms with Crippen LogP contribution in [0.5, 0.6) is 0 Å². The van der Waals surface area contributed by atoms with Crippen molar-refractivity contribution >= 4 is 44.7 Å². The van der Waals surface area contributed by atoms with Crippen LogP contribution >= 0.6 is 15.9 Å². The molecule has 6 nitrogen and oxygen atoms in total. The second-order valence-electron chi connectivity index (χ2n) is 7.57. The van der Waals surface area contributed by atoms with E-state index in [0.29, 0.717) is 16.5 Å². The van der Waals surface area contributed by atoms with Gasteiger partial charge in [-0.3, -0.25) is 14.5 Å². The molecule has 0 radical (unpaired) electrons. The summed E-state index contributed by atoms with van der Waals surface area (Å²) in [5, 5.41) is 0.697. The molecule has 2 amide bonds. The number of fused-ring (bicyclic) bond motifs is 1. The Morgan fingerprint density at radius 1 is 1.25 bits per heavy atom. The smallest absolute Gasteiger partial charge is 0.374 e. The van der Waals surface area contributed by atoms with Crippen LogP contribution in [0.15, 0.2) is 27.1 Å². The van der Waals surface area contributed by atoms with Crippen LogP contribution in [0.1, 0.15) is 61.6 Å². The average molecular weight is 448 g/mol. The SMILES string of the molecule is CCOC(=O)c1oc2ccc(Br)cc2c1CN1C(=O)CC2(CCCCC2)C1=O. The number of carbonyl (C=O) groups excluding carboxylic acids is 3. The summed E-state index contributed by atoms with van der Waals surface area (Å²) in [7, 11) is 0. The largest absolute Gasteiger partial charge is 0.460 e. The third-order valence-corrected chi connectivity index (χ3v) is 6.32. The normalized spacial score (nSPS) is 19.0. The molecule has 1 aromatic heterocycles. The lowest BCUT2D eigenvalue weighted by Gasteiger charge is -2.30. The molecule has 1 aliphatic heterocycles. The minimum atomic E-state index is -0.587. The van der Waals surface area contributed by atoms with Gasteiger partial charge in [-0.05, 0) is 38.0 Å². The molecule has 7 heteroatoms. The number of halogens is 1. The number of amides is 2. The van der Waals surface area contributed by atoms with Crippen molar-refractivity contribution in [2.24, 2.45) is 5.41 Å². The number of benzene rings is 1. The molecule has 1 saturated heterocycles.